The van der Waals surface area contributed by atoms with Crippen LogP contribution in [-0.2, 0) is 0 Å². The van der Waals surface area contributed by atoms with Crippen molar-refractivity contribution in [1.29, 1.82) is 0 Å². The fourth-order valence-corrected chi connectivity index (χ4v) is 5.59. The number of fused-ring (bicyclic) bond motifs is 6. The molecule has 2 nitrogen and oxygen atoms in total. The molecule has 184 valence electrons. The van der Waals surface area contributed by atoms with E-state index in [0.29, 0.717) is 11.4 Å². The topological polar surface area (TPSA) is 8.17 Å². The van der Waals surface area contributed by atoms with E-state index in [2.05, 4.69) is 0 Å². The van der Waals surface area contributed by atoms with Crippen LogP contribution in [0.25, 0.3) is 38.6 Å². The summed E-state index contributed by atoms with van der Waals surface area (Å²) in [7, 11) is 0. The van der Waals surface area contributed by atoms with E-state index in [1.165, 1.54) is 4.57 Å². The van der Waals surface area contributed by atoms with E-state index in [1.807, 2.05) is 0 Å². The van der Waals surface area contributed by atoms with Gasteiger partial charge in [0.05, 0.1) is 24.7 Å². The molecule has 1 aromatic heterocycles. The highest BCUT2D eigenvalue weighted by molar-refractivity contribution is 6.10. The van der Waals surface area contributed by atoms with E-state index in [9.17, 15) is 8.22 Å². The number of hydrogen-bond acceptors (Lipinski definition) is 1. The Morgan fingerprint density at radius 3 is 2.18 bits per heavy atom. The first-order chi connectivity index (χ1) is 24.7. The van der Waals surface area contributed by atoms with Gasteiger partial charge in [0.15, 0.2) is 0 Å². The van der Waals surface area contributed by atoms with Gasteiger partial charge in [-0.05, 0) is 84.0 Å². The van der Waals surface area contributed by atoms with Gasteiger partial charge in [-0.3, -0.25) is 0 Å². The lowest BCUT2D eigenvalue weighted by Gasteiger charge is -2.33. The number of aromatic nitrogens is 1. The van der Waals surface area contributed by atoms with Crippen molar-refractivity contribution in [2.24, 2.45) is 0 Å². The minimum absolute atomic E-state index is 0.00778. The summed E-state index contributed by atoms with van der Waals surface area (Å²) in [5.41, 5.74) is 0.436. The van der Waals surface area contributed by atoms with Gasteiger partial charge < -0.3 is 9.47 Å². The van der Waals surface area contributed by atoms with Gasteiger partial charge in [-0.15, -0.1) is 0 Å². The standard InChI is InChI=1S/C36H30N2/c1-3-11-27(12-4-1)37-33-17-9-7-15-29(33)31-23-25(19-21-35(31)37)26-20-22-36-32(24-26)30-16-8-10-18-34(30)38(36)28-13-5-2-6-14-28/h1-7,9,11-15,17,19-24,30,34H,8,10,16,18H2/i7D,8D,9D,10D,15D,16D,17D,18D,19D,20D,21D,22D,23D,24D. The number of anilines is 2. The van der Waals surface area contributed by atoms with Crippen LogP contribution in [0.4, 0.5) is 11.4 Å². The summed E-state index contributed by atoms with van der Waals surface area (Å²) in [6.07, 6.45) is -5.07. The molecule has 8 rings (SSSR count). The minimum atomic E-state index is -1.31. The summed E-state index contributed by atoms with van der Waals surface area (Å²) in [6.45, 7) is 0. The molecule has 2 aliphatic rings. The third kappa shape index (κ3) is 3.26. The molecule has 1 aliphatic heterocycles. The van der Waals surface area contributed by atoms with Crippen molar-refractivity contribution in [2.75, 3.05) is 4.90 Å². The lowest BCUT2D eigenvalue weighted by Crippen LogP contribution is -2.32. The molecule has 0 bridgehead atoms. The van der Waals surface area contributed by atoms with Gasteiger partial charge in [-0.2, -0.15) is 0 Å². The molecule has 2 heteroatoms. The zero-order valence-corrected chi connectivity index (χ0v) is 20.1. The molecule has 0 N–H and O–H groups in total. The van der Waals surface area contributed by atoms with Crippen LogP contribution in [0.3, 0.4) is 0 Å². The Hall–Kier alpha value is -4.30. The maximum absolute atomic E-state index is 9.63. The first kappa shape index (κ1) is 12.0. The molecule has 6 atom stereocenters. The zero-order chi connectivity index (χ0) is 37.2. The highest BCUT2D eigenvalue weighted by atomic mass is 15.2. The van der Waals surface area contributed by atoms with E-state index in [1.54, 1.807) is 65.6 Å². The van der Waals surface area contributed by atoms with Crippen LogP contribution in [-0.4, -0.2) is 10.6 Å². The second-order valence-electron chi connectivity index (χ2n) is 9.37. The highest BCUT2D eigenvalue weighted by Crippen LogP contribution is 2.52. The summed E-state index contributed by atoms with van der Waals surface area (Å²) in [6, 6.07) is 11.6. The van der Waals surface area contributed by atoms with Gasteiger partial charge in [0.2, 0.25) is 0 Å². The molecule has 1 saturated carbocycles. The largest absolute Gasteiger partial charge is 0.338 e. The van der Waals surface area contributed by atoms with Gasteiger partial charge in [0.25, 0.3) is 0 Å². The molecule has 1 fully saturated rings. The molecule has 2 heterocycles. The second-order valence-corrected chi connectivity index (χ2v) is 9.37. The third-order valence-corrected chi connectivity index (χ3v) is 7.26. The van der Waals surface area contributed by atoms with E-state index < -0.39 is 91.9 Å². The summed E-state index contributed by atoms with van der Waals surface area (Å²) in [4.78, 5) is 1.63. The monoisotopic (exact) mass is 504 g/mol. The van der Waals surface area contributed by atoms with E-state index >= 15 is 0 Å². The lowest BCUT2D eigenvalue weighted by atomic mass is 9.82. The minimum Gasteiger partial charge on any atom is -0.338 e. The normalized spacial score (nSPS) is 31.5. The first-order valence-electron chi connectivity index (χ1n) is 19.8. The van der Waals surface area contributed by atoms with Crippen LogP contribution in [0.15, 0.2) is 121 Å². The van der Waals surface area contributed by atoms with Gasteiger partial charge >= 0.3 is 0 Å². The number of rotatable bonds is 3. The molecule has 0 saturated heterocycles. The predicted molar refractivity (Wildman–Crippen MR) is 160 cm³/mol. The van der Waals surface area contributed by atoms with Gasteiger partial charge in [-0.1, -0.05) is 79.4 Å². The number of para-hydroxylation sites is 3. The van der Waals surface area contributed by atoms with Crippen LogP contribution in [0.1, 0.15) is 56.3 Å². The number of hydrogen-bond donors (Lipinski definition) is 0. The highest BCUT2D eigenvalue weighted by Gasteiger charge is 2.40. The Morgan fingerprint density at radius 1 is 0.658 bits per heavy atom. The molecule has 0 radical (unpaired) electrons. The summed E-state index contributed by atoms with van der Waals surface area (Å²) < 4.78 is 128. The summed E-state index contributed by atoms with van der Waals surface area (Å²) in [5.74, 6) is -1.01. The smallest absolute Gasteiger partial charge is 0.0645 e. The fraction of sp³-hybridized carbons (Fsp3) is 0.167. The fourth-order valence-electron chi connectivity index (χ4n) is 5.59. The Labute approximate surface area is 243 Å². The average Bonchev–Trinajstić information content (AvgIpc) is 3.70. The van der Waals surface area contributed by atoms with Crippen molar-refractivity contribution in [3.63, 3.8) is 0 Å². The molecule has 0 spiro atoms. The molecule has 6 aromatic rings. The maximum atomic E-state index is 9.63. The van der Waals surface area contributed by atoms with Crippen molar-refractivity contribution in [2.45, 2.75) is 37.5 Å². The van der Waals surface area contributed by atoms with Crippen LogP contribution in [0.5, 0.6) is 0 Å². The summed E-state index contributed by atoms with van der Waals surface area (Å²) in [5, 5.41) is -0.152. The Morgan fingerprint density at radius 2 is 1.34 bits per heavy atom. The maximum Gasteiger partial charge on any atom is 0.0645 e. The SMILES string of the molecule is [2H]c1c([2H])c2c(c([2H])c1-c1c([2H])c([2H])c3c(c1[2H])c1c([2H])c([2H])c([2H])c([2H])c1n3-c1ccccc1)C1C([2H])C([2H])C([2H])C([2H])C1N2c1ccccc1. The van der Waals surface area contributed by atoms with E-state index in [0.717, 1.165) is 0 Å². The molecule has 0 amide bonds. The molecule has 6 unspecified atom stereocenters. The Balaban J connectivity index is 1.51. The van der Waals surface area contributed by atoms with E-state index in [-0.39, 0.29) is 50.2 Å². The zero-order valence-electron chi connectivity index (χ0n) is 34.1. The number of benzene rings is 5. The third-order valence-electron chi connectivity index (χ3n) is 7.26. The molecule has 5 aromatic carbocycles. The van der Waals surface area contributed by atoms with Crippen molar-refractivity contribution < 1.29 is 19.2 Å². The number of nitrogens with zero attached hydrogens (tertiary/aromatic N) is 2. The lowest BCUT2D eigenvalue weighted by molar-refractivity contribution is 0.402. The molecular weight excluding hydrogens is 460 g/mol. The van der Waals surface area contributed by atoms with Crippen molar-refractivity contribution in [3.05, 3.63) is 127 Å². The van der Waals surface area contributed by atoms with Gasteiger partial charge in [-0.25, -0.2) is 0 Å². The average molecular weight is 505 g/mol. The summed E-state index contributed by atoms with van der Waals surface area (Å²) >= 11 is 0. The Bertz CT molecular complexity index is 2470. The Kier molecular flexibility index (Phi) is 2.74. The van der Waals surface area contributed by atoms with Gasteiger partial charge in [0.1, 0.15) is 0 Å². The van der Waals surface area contributed by atoms with Crippen molar-refractivity contribution >= 4 is 33.2 Å². The van der Waals surface area contributed by atoms with Crippen molar-refractivity contribution in [3.8, 4) is 16.8 Å². The molecule has 1 aliphatic carbocycles. The van der Waals surface area contributed by atoms with E-state index in [4.69, 9.17) is 11.0 Å². The van der Waals surface area contributed by atoms with Crippen LogP contribution < -0.4 is 4.90 Å². The second kappa shape index (κ2) is 8.63. The predicted octanol–water partition coefficient (Wildman–Crippen LogP) is 9.63. The first-order valence-corrected chi connectivity index (χ1v) is 12.5. The van der Waals surface area contributed by atoms with Crippen LogP contribution in [0, 0.1) is 0 Å². The quantitative estimate of drug-likeness (QED) is 0.233. The van der Waals surface area contributed by atoms with Crippen molar-refractivity contribution in [1.82, 2.24) is 4.57 Å². The van der Waals surface area contributed by atoms with Gasteiger partial charge in [0, 0.05) is 45.3 Å². The van der Waals surface area contributed by atoms with Crippen LogP contribution in [0.2, 0.25) is 0 Å². The molecular formula is C36H30N2. The van der Waals surface area contributed by atoms with Crippen LogP contribution >= 0.6 is 0 Å². The molecule has 38 heavy (non-hydrogen) atoms.